The molecule has 0 saturated carbocycles. The third-order valence-corrected chi connectivity index (χ3v) is 5.91. The fraction of sp³-hybridized carbons (Fsp3) is 0.429. The molecule has 0 spiro atoms. The van der Waals surface area contributed by atoms with Gasteiger partial charge in [-0.3, -0.25) is 4.40 Å². The molecule has 2 aromatic heterocycles. The van der Waals surface area contributed by atoms with E-state index in [1.54, 1.807) is 7.11 Å². The van der Waals surface area contributed by atoms with Gasteiger partial charge in [-0.05, 0) is 55.4 Å². The van der Waals surface area contributed by atoms with Crippen molar-refractivity contribution in [2.45, 2.75) is 38.1 Å². The first-order chi connectivity index (χ1) is 12.8. The van der Waals surface area contributed by atoms with Gasteiger partial charge in [-0.15, -0.1) is 0 Å². The van der Waals surface area contributed by atoms with Crippen LogP contribution >= 0.6 is 0 Å². The van der Waals surface area contributed by atoms with Gasteiger partial charge in [0.15, 0.2) is 5.65 Å². The summed E-state index contributed by atoms with van der Waals surface area (Å²) in [5, 5.41) is 9.88. The van der Waals surface area contributed by atoms with E-state index in [1.807, 2.05) is 12.1 Å². The SMILES string of the molecule is COC[C@H]1CCCN1c1c2c(c(C#N)c3nc4ccccc4n13)CCC2. The second-order valence-corrected chi connectivity index (χ2v) is 7.33. The minimum Gasteiger partial charge on any atom is -0.383 e. The van der Waals surface area contributed by atoms with E-state index in [0.717, 1.165) is 61.1 Å². The van der Waals surface area contributed by atoms with E-state index in [2.05, 4.69) is 27.5 Å². The number of benzene rings is 1. The Morgan fingerprint density at radius 3 is 2.92 bits per heavy atom. The van der Waals surface area contributed by atoms with Gasteiger partial charge >= 0.3 is 0 Å². The molecule has 5 heteroatoms. The largest absolute Gasteiger partial charge is 0.383 e. The van der Waals surface area contributed by atoms with Crippen LogP contribution in [0.5, 0.6) is 0 Å². The Morgan fingerprint density at radius 1 is 1.23 bits per heavy atom. The van der Waals surface area contributed by atoms with Gasteiger partial charge < -0.3 is 9.64 Å². The fourth-order valence-electron chi connectivity index (χ4n) is 4.84. The highest BCUT2D eigenvalue weighted by Crippen LogP contribution is 2.40. The molecule has 5 rings (SSSR count). The third-order valence-electron chi connectivity index (χ3n) is 5.91. The maximum atomic E-state index is 9.88. The molecule has 1 aliphatic heterocycles. The van der Waals surface area contributed by atoms with Crippen LogP contribution in [0.4, 0.5) is 5.82 Å². The summed E-state index contributed by atoms with van der Waals surface area (Å²) in [6, 6.07) is 11.1. The van der Waals surface area contributed by atoms with Crippen molar-refractivity contribution in [2.24, 2.45) is 0 Å². The molecule has 1 saturated heterocycles. The summed E-state index contributed by atoms with van der Waals surface area (Å²) in [6.07, 6.45) is 5.46. The average Bonchev–Trinajstić information content (AvgIpc) is 3.38. The lowest BCUT2D eigenvalue weighted by molar-refractivity contribution is 0.180. The standard InChI is InChI=1S/C21H22N4O/c1-26-13-14-6-5-11-24(14)21-16-8-4-7-15(16)17(12-22)20-23-18-9-2-3-10-19(18)25(20)21/h2-3,9-10,14H,4-8,11,13H2,1H3/t14-/m1/s1. The molecule has 1 atom stereocenters. The van der Waals surface area contributed by atoms with Gasteiger partial charge in [-0.2, -0.15) is 5.26 Å². The van der Waals surface area contributed by atoms with Crippen LogP contribution in [0.2, 0.25) is 0 Å². The van der Waals surface area contributed by atoms with Crippen LogP contribution in [0.25, 0.3) is 16.7 Å². The number of anilines is 1. The van der Waals surface area contributed by atoms with Gasteiger partial charge in [0.1, 0.15) is 11.9 Å². The van der Waals surface area contributed by atoms with Gasteiger partial charge in [-0.1, -0.05) is 12.1 Å². The van der Waals surface area contributed by atoms with Crippen molar-refractivity contribution in [3.63, 3.8) is 0 Å². The first kappa shape index (κ1) is 15.7. The fourth-order valence-corrected chi connectivity index (χ4v) is 4.84. The molecule has 3 heterocycles. The summed E-state index contributed by atoms with van der Waals surface area (Å²) in [5.74, 6) is 1.25. The van der Waals surface area contributed by atoms with Crippen molar-refractivity contribution in [3.8, 4) is 6.07 Å². The monoisotopic (exact) mass is 346 g/mol. The molecule has 0 N–H and O–H groups in total. The minimum absolute atomic E-state index is 0.391. The Balaban J connectivity index is 1.88. The topological polar surface area (TPSA) is 53.6 Å². The molecular weight excluding hydrogens is 324 g/mol. The van der Waals surface area contributed by atoms with Crippen LogP contribution in [0.15, 0.2) is 24.3 Å². The smallest absolute Gasteiger partial charge is 0.157 e. The lowest BCUT2D eigenvalue weighted by Gasteiger charge is -2.30. The highest BCUT2D eigenvalue weighted by Gasteiger charge is 2.33. The van der Waals surface area contributed by atoms with Crippen LogP contribution < -0.4 is 4.90 Å². The second-order valence-electron chi connectivity index (χ2n) is 7.33. The van der Waals surface area contributed by atoms with Gasteiger partial charge in [0.25, 0.3) is 0 Å². The molecule has 0 radical (unpaired) electrons. The van der Waals surface area contributed by atoms with Gasteiger partial charge in [0.2, 0.25) is 0 Å². The zero-order valence-electron chi connectivity index (χ0n) is 15.0. The van der Waals surface area contributed by atoms with Gasteiger partial charge in [0.05, 0.1) is 29.2 Å². The van der Waals surface area contributed by atoms with E-state index in [1.165, 1.54) is 23.4 Å². The molecule has 3 aromatic rings. The molecule has 1 fully saturated rings. The quantitative estimate of drug-likeness (QED) is 0.729. The number of fused-ring (bicyclic) bond motifs is 4. The molecule has 5 nitrogen and oxygen atoms in total. The number of pyridine rings is 1. The Hall–Kier alpha value is -2.58. The Morgan fingerprint density at radius 2 is 2.08 bits per heavy atom. The molecule has 1 aromatic carbocycles. The van der Waals surface area contributed by atoms with Crippen LogP contribution in [-0.4, -0.2) is 35.7 Å². The van der Waals surface area contributed by atoms with Crippen LogP contribution in [-0.2, 0) is 17.6 Å². The third kappa shape index (κ3) is 2.09. The highest BCUT2D eigenvalue weighted by molar-refractivity contribution is 5.86. The minimum atomic E-state index is 0.391. The van der Waals surface area contributed by atoms with Crippen molar-refractivity contribution in [1.82, 2.24) is 9.38 Å². The first-order valence-corrected chi connectivity index (χ1v) is 9.44. The summed E-state index contributed by atoms with van der Waals surface area (Å²) >= 11 is 0. The maximum absolute atomic E-state index is 9.88. The summed E-state index contributed by atoms with van der Waals surface area (Å²) in [4.78, 5) is 7.36. The number of nitrogens with zero attached hydrogens (tertiary/aromatic N) is 4. The number of nitriles is 1. The molecule has 0 bridgehead atoms. The second kappa shape index (κ2) is 6.00. The molecular formula is C21H22N4O. The summed E-state index contributed by atoms with van der Waals surface area (Å²) < 4.78 is 7.75. The number of hydrogen-bond acceptors (Lipinski definition) is 4. The van der Waals surface area contributed by atoms with Gasteiger partial charge in [0, 0.05) is 13.7 Å². The lowest BCUT2D eigenvalue weighted by Crippen LogP contribution is -2.35. The number of imidazole rings is 1. The van der Waals surface area contributed by atoms with Crippen molar-refractivity contribution in [2.75, 3.05) is 25.2 Å². The van der Waals surface area contributed by atoms with E-state index in [9.17, 15) is 5.26 Å². The zero-order valence-corrected chi connectivity index (χ0v) is 15.0. The number of rotatable bonds is 3. The predicted octanol–water partition coefficient (Wildman–Crippen LogP) is 3.46. The predicted molar refractivity (Wildman–Crippen MR) is 102 cm³/mol. The summed E-state index contributed by atoms with van der Waals surface area (Å²) in [5.41, 5.74) is 6.18. The van der Waals surface area contributed by atoms with E-state index in [0.29, 0.717) is 6.04 Å². The molecule has 1 aliphatic carbocycles. The number of aromatic nitrogens is 2. The number of methoxy groups -OCH3 is 1. The van der Waals surface area contributed by atoms with Gasteiger partial charge in [-0.25, -0.2) is 4.98 Å². The Bertz CT molecular complexity index is 1050. The lowest BCUT2D eigenvalue weighted by atomic mass is 10.0. The Labute approximate surface area is 152 Å². The molecule has 2 aliphatic rings. The van der Waals surface area contributed by atoms with Crippen LogP contribution in [0.1, 0.15) is 36.0 Å². The van der Waals surface area contributed by atoms with E-state index >= 15 is 0 Å². The van der Waals surface area contributed by atoms with Crippen molar-refractivity contribution in [3.05, 3.63) is 41.0 Å². The van der Waals surface area contributed by atoms with Crippen molar-refractivity contribution >= 4 is 22.5 Å². The van der Waals surface area contributed by atoms with Crippen molar-refractivity contribution < 1.29 is 4.74 Å². The van der Waals surface area contributed by atoms with E-state index < -0.39 is 0 Å². The molecule has 0 unspecified atom stereocenters. The Kier molecular flexibility index (Phi) is 3.61. The maximum Gasteiger partial charge on any atom is 0.157 e. The summed E-state index contributed by atoms with van der Waals surface area (Å²) in [6.45, 7) is 1.77. The normalized spacial score (nSPS) is 19.4. The average molecular weight is 346 g/mol. The zero-order chi connectivity index (χ0) is 17.7. The van der Waals surface area contributed by atoms with Crippen LogP contribution in [0.3, 0.4) is 0 Å². The van der Waals surface area contributed by atoms with Crippen molar-refractivity contribution in [1.29, 1.82) is 5.26 Å². The highest BCUT2D eigenvalue weighted by atomic mass is 16.5. The van der Waals surface area contributed by atoms with E-state index in [4.69, 9.17) is 9.72 Å². The number of ether oxygens (including phenoxy) is 1. The molecule has 0 amide bonds. The number of hydrogen-bond donors (Lipinski definition) is 0. The van der Waals surface area contributed by atoms with Crippen LogP contribution in [0, 0.1) is 11.3 Å². The van der Waals surface area contributed by atoms with E-state index in [-0.39, 0.29) is 0 Å². The first-order valence-electron chi connectivity index (χ1n) is 9.44. The molecule has 132 valence electrons. The summed E-state index contributed by atoms with van der Waals surface area (Å²) in [7, 11) is 1.78. The molecule has 26 heavy (non-hydrogen) atoms. The number of para-hydroxylation sites is 2.